The van der Waals surface area contributed by atoms with Crippen molar-refractivity contribution in [1.82, 2.24) is 19.2 Å². The zero-order valence-corrected chi connectivity index (χ0v) is 18.7. The maximum absolute atomic E-state index is 12.9. The second-order valence-electron chi connectivity index (χ2n) is 8.07. The van der Waals surface area contributed by atoms with Gasteiger partial charge in [0.1, 0.15) is 5.65 Å². The van der Waals surface area contributed by atoms with Gasteiger partial charge in [-0.2, -0.15) is 4.31 Å². The van der Waals surface area contributed by atoms with Gasteiger partial charge >= 0.3 is 6.09 Å². The van der Waals surface area contributed by atoms with Gasteiger partial charge in [-0.15, -0.1) is 0 Å². The Hall–Kier alpha value is -3.21. The van der Waals surface area contributed by atoms with Crippen molar-refractivity contribution in [3.8, 4) is 11.1 Å². The monoisotopic (exact) mass is 468 g/mol. The number of carboxylic acid groups (broad SMARTS) is 1. The Morgan fingerprint density at radius 3 is 2.52 bits per heavy atom. The zero-order chi connectivity index (χ0) is 23.0. The van der Waals surface area contributed by atoms with E-state index in [1.807, 2.05) is 18.3 Å². The van der Waals surface area contributed by atoms with Crippen molar-refractivity contribution in [2.75, 3.05) is 39.4 Å². The quantitative estimate of drug-likeness (QED) is 0.608. The number of sulfonamides is 1. The number of fused-ring (bicyclic) bond motifs is 1. The number of rotatable bonds is 4. The van der Waals surface area contributed by atoms with E-state index in [2.05, 4.69) is 9.97 Å². The van der Waals surface area contributed by atoms with Crippen LogP contribution in [0.1, 0.15) is 12.0 Å². The molecule has 3 aromatic rings. The number of nitrogens with one attached hydrogen (secondary N) is 1. The molecule has 5 rings (SSSR count). The number of benzene rings is 1. The van der Waals surface area contributed by atoms with Crippen molar-refractivity contribution in [2.24, 2.45) is 0 Å². The smallest absolute Gasteiger partial charge is 0.407 e. The largest absolute Gasteiger partial charge is 0.465 e. The highest BCUT2D eigenvalue weighted by Crippen LogP contribution is 2.32. The minimum absolute atomic E-state index is 0.264. The molecule has 2 aliphatic rings. The molecule has 1 amide bonds. The molecule has 10 heteroatoms. The Balaban J connectivity index is 1.42. The Morgan fingerprint density at radius 1 is 1.09 bits per heavy atom. The molecule has 2 aromatic heterocycles. The minimum atomic E-state index is -3.54. The van der Waals surface area contributed by atoms with E-state index in [4.69, 9.17) is 9.84 Å². The highest BCUT2D eigenvalue weighted by molar-refractivity contribution is 7.89. The molecule has 33 heavy (non-hydrogen) atoms. The number of hydrogen-bond donors (Lipinski definition) is 2. The third-order valence-electron chi connectivity index (χ3n) is 6.15. The molecule has 0 spiro atoms. The van der Waals surface area contributed by atoms with Crippen LogP contribution in [-0.4, -0.2) is 78.2 Å². The minimum Gasteiger partial charge on any atom is -0.465 e. The SMILES string of the molecule is O=C(O)N1CC=C(c2c[nH]c3ncc(-c4ccc(S(=O)(=O)N5CCOCC5)cc4)cc23)CC1. The molecule has 9 nitrogen and oxygen atoms in total. The molecule has 2 aliphatic heterocycles. The summed E-state index contributed by atoms with van der Waals surface area (Å²) in [6, 6.07) is 8.89. The van der Waals surface area contributed by atoms with Crippen molar-refractivity contribution in [3.63, 3.8) is 0 Å². The fourth-order valence-electron chi connectivity index (χ4n) is 4.27. The first-order chi connectivity index (χ1) is 15.9. The summed E-state index contributed by atoms with van der Waals surface area (Å²) in [5.41, 5.74) is 4.59. The van der Waals surface area contributed by atoms with Crippen molar-refractivity contribution < 1.29 is 23.1 Å². The van der Waals surface area contributed by atoms with E-state index in [1.165, 1.54) is 9.21 Å². The molecule has 1 fully saturated rings. The van der Waals surface area contributed by atoms with E-state index >= 15 is 0 Å². The lowest BCUT2D eigenvalue weighted by Gasteiger charge is -2.26. The average Bonchev–Trinajstić information content (AvgIpc) is 3.28. The molecule has 0 atom stereocenters. The van der Waals surface area contributed by atoms with Crippen LogP contribution in [0.2, 0.25) is 0 Å². The summed E-state index contributed by atoms with van der Waals surface area (Å²) in [5, 5.41) is 10.1. The molecular weight excluding hydrogens is 444 g/mol. The molecular formula is C23H24N4O5S. The molecule has 2 N–H and O–H groups in total. The molecule has 1 aromatic carbocycles. The van der Waals surface area contributed by atoms with Gasteiger partial charge in [-0.1, -0.05) is 18.2 Å². The summed E-state index contributed by atoms with van der Waals surface area (Å²) >= 11 is 0. The third-order valence-corrected chi connectivity index (χ3v) is 8.07. The lowest BCUT2D eigenvalue weighted by atomic mass is 9.98. The van der Waals surface area contributed by atoms with Crippen LogP contribution in [0, 0.1) is 0 Å². The number of ether oxygens (including phenoxy) is 1. The second kappa shape index (κ2) is 8.62. The van der Waals surface area contributed by atoms with Gasteiger partial charge in [0.05, 0.1) is 18.1 Å². The first kappa shape index (κ1) is 21.6. The Kier molecular flexibility index (Phi) is 5.65. The van der Waals surface area contributed by atoms with E-state index in [-0.39, 0.29) is 4.90 Å². The number of pyridine rings is 1. The molecule has 0 unspecified atom stereocenters. The van der Waals surface area contributed by atoms with Gasteiger partial charge in [-0.25, -0.2) is 18.2 Å². The van der Waals surface area contributed by atoms with Crippen LogP contribution in [0.25, 0.3) is 27.7 Å². The first-order valence-corrected chi connectivity index (χ1v) is 12.2. The molecule has 0 aliphatic carbocycles. The lowest BCUT2D eigenvalue weighted by molar-refractivity contribution is 0.0730. The molecule has 172 valence electrons. The molecule has 0 bridgehead atoms. The molecule has 1 saturated heterocycles. The number of morpholine rings is 1. The van der Waals surface area contributed by atoms with Gasteiger partial charge in [-0.3, -0.25) is 0 Å². The normalized spacial score (nSPS) is 17.8. The molecule has 0 radical (unpaired) electrons. The fraction of sp³-hybridized carbons (Fsp3) is 0.304. The topological polar surface area (TPSA) is 116 Å². The highest BCUT2D eigenvalue weighted by Gasteiger charge is 2.26. The summed E-state index contributed by atoms with van der Waals surface area (Å²) in [6.45, 7) is 2.37. The second-order valence-corrected chi connectivity index (χ2v) is 10.0. The molecule has 0 saturated carbocycles. The summed E-state index contributed by atoms with van der Waals surface area (Å²) in [4.78, 5) is 20.5. The summed E-state index contributed by atoms with van der Waals surface area (Å²) in [6.07, 6.45) is 5.33. The Bertz CT molecular complexity index is 1320. The van der Waals surface area contributed by atoms with Gasteiger partial charge in [0, 0.05) is 55.1 Å². The number of H-pyrrole nitrogens is 1. The number of nitrogens with zero attached hydrogens (tertiary/aromatic N) is 3. The highest BCUT2D eigenvalue weighted by atomic mass is 32.2. The van der Waals surface area contributed by atoms with Crippen molar-refractivity contribution in [3.05, 3.63) is 54.4 Å². The van der Waals surface area contributed by atoms with Gasteiger partial charge in [0.15, 0.2) is 0 Å². The number of aromatic nitrogens is 2. The lowest BCUT2D eigenvalue weighted by Crippen LogP contribution is -2.40. The van der Waals surface area contributed by atoms with Crippen molar-refractivity contribution in [1.29, 1.82) is 0 Å². The van der Waals surface area contributed by atoms with Crippen LogP contribution in [0.4, 0.5) is 4.79 Å². The average molecular weight is 469 g/mol. The molecule has 4 heterocycles. The summed E-state index contributed by atoms with van der Waals surface area (Å²) in [7, 11) is -3.54. The van der Waals surface area contributed by atoms with Gasteiger partial charge in [0.25, 0.3) is 0 Å². The van der Waals surface area contributed by atoms with Gasteiger partial charge < -0.3 is 19.7 Å². The van der Waals surface area contributed by atoms with Crippen LogP contribution in [-0.2, 0) is 14.8 Å². The Labute approximate surface area is 191 Å². The van der Waals surface area contributed by atoms with Crippen LogP contribution in [0.15, 0.2) is 53.7 Å². The van der Waals surface area contributed by atoms with E-state index in [9.17, 15) is 13.2 Å². The standard InChI is InChI=1S/C23H24N4O5S/c28-23(29)26-7-5-17(6-8-26)21-15-25-22-20(21)13-18(14-24-22)16-1-3-19(4-2-16)33(30,31)27-9-11-32-12-10-27/h1-5,13-15H,6-12H2,(H,24,25)(H,28,29). The zero-order valence-electron chi connectivity index (χ0n) is 17.9. The van der Waals surface area contributed by atoms with Crippen molar-refractivity contribution >= 4 is 32.7 Å². The predicted molar refractivity (Wildman–Crippen MR) is 123 cm³/mol. The van der Waals surface area contributed by atoms with Gasteiger partial charge in [0.2, 0.25) is 10.0 Å². The number of carbonyl (C=O) groups is 1. The Morgan fingerprint density at radius 2 is 1.85 bits per heavy atom. The van der Waals surface area contributed by atoms with E-state index < -0.39 is 16.1 Å². The van der Waals surface area contributed by atoms with E-state index in [0.29, 0.717) is 45.8 Å². The summed E-state index contributed by atoms with van der Waals surface area (Å²) < 4.78 is 32.4. The number of hydrogen-bond acceptors (Lipinski definition) is 5. The van der Waals surface area contributed by atoms with Crippen LogP contribution in [0.3, 0.4) is 0 Å². The van der Waals surface area contributed by atoms with Crippen LogP contribution < -0.4 is 0 Å². The first-order valence-electron chi connectivity index (χ1n) is 10.8. The van der Waals surface area contributed by atoms with Crippen molar-refractivity contribution in [2.45, 2.75) is 11.3 Å². The van der Waals surface area contributed by atoms with Gasteiger partial charge in [-0.05, 0) is 35.8 Å². The third kappa shape index (κ3) is 4.12. The fourth-order valence-corrected chi connectivity index (χ4v) is 5.68. The number of amides is 1. The van der Waals surface area contributed by atoms with E-state index in [1.54, 1.807) is 30.5 Å². The van der Waals surface area contributed by atoms with E-state index in [0.717, 1.165) is 33.3 Å². The predicted octanol–water partition coefficient (Wildman–Crippen LogP) is 3.02. The maximum atomic E-state index is 12.9. The number of aromatic amines is 1. The summed E-state index contributed by atoms with van der Waals surface area (Å²) in [5.74, 6) is 0. The maximum Gasteiger partial charge on any atom is 0.407 e. The van der Waals surface area contributed by atoms with Crippen LogP contribution >= 0.6 is 0 Å². The van der Waals surface area contributed by atoms with Crippen LogP contribution in [0.5, 0.6) is 0 Å².